The molecule has 0 unspecified atom stereocenters. The normalized spacial score (nSPS) is 14.6. The van der Waals surface area contributed by atoms with E-state index in [4.69, 9.17) is 18.7 Å². The summed E-state index contributed by atoms with van der Waals surface area (Å²) in [6.07, 6.45) is -0.532. The van der Waals surface area contributed by atoms with Crippen molar-refractivity contribution in [3.8, 4) is 11.5 Å². The van der Waals surface area contributed by atoms with Crippen LogP contribution in [0.4, 0.5) is 13.2 Å². The third kappa shape index (κ3) is 6.30. The van der Waals surface area contributed by atoms with E-state index < -0.39 is 11.9 Å². The summed E-state index contributed by atoms with van der Waals surface area (Å²) in [5, 5.41) is 18.3. The number of morpholine rings is 1. The monoisotopic (exact) mass is 599 g/mol. The van der Waals surface area contributed by atoms with Crippen molar-refractivity contribution in [2.75, 3.05) is 32.9 Å². The number of hydrogen-bond acceptors (Lipinski definition) is 9. The SMILES string of the molecule is CCCc1c(OCCCn2cc(CN3CCOCC3)c3c(OCc4nn[nH]n4)cccc32)ccc2c(C(F)(F)F)noc12. The molecule has 228 valence electrons. The number of halogens is 3. The van der Waals surface area contributed by atoms with Crippen LogP contribution >= 0.6 is 0 Å². The summed E-state index contributed by atoms with van der Waals surface area (Å²) in [4.78, 5) is 2.36. The molecule has 0 amide bonds. The molecule has 2 aromatic carbocycles. The van der Waals surface area contributed by atoms with Crippen molar-refractivity contribution in [3.05, 3.63) is 59.2 Å². The zero-order valence-corrected chi connectivity index (χ0v) is 23.7. The molecule has 1 saturated heterocycles. The van der Waals surface area contributed by atoms with Crippen LogP contribution in [-0.2, 0) is 37.0 Å². The van der Waals surface area contributed by atoms with Crippen molar-refractivity contribution in [2.24, 2.45) is 0 Å². The third-order valence-electron chi connectivity index (χ3n) is 7.46. The highest BCUT2D eigenvalue weighted by Gasteiger charge is 2.37. The number of tetrazole rings is 1. The van der Waals surface area contributed by atoms with Crippen LogP contribution in [0.15, 0.2) is 41.1 Å². The Kier molecular flexibility index (Phi) is 8.47. The molecule has 5 aromatic rings. The first-order valence-electron chi connectivity index (χ1n) is 14.3. The molecule has 0 bridgehead atoms. The van der Waals surface area contributed by atoms with E-state index in [1.165, 1.54) is 6.07 Å². The van der Waals surface area contributed by atoms with Crippen LogP contribution in [0, 0.1) is 0 Å². The van der Waals surface area contributed by atoms with E-state index in [1.807, 2.05) is 19.1 Å². The second-order valence-corrected chi connectivity index (χ2v) is 10.4. The maximum absolute atomic E-state index is 13.4. The summed E-state index contributed by atoms with van der Waals surface area (Å²) in [5.41, 5.74) is 1.89. The lowest BCUT2D eigenvalue weighted by Gasteiger charge is -2.26. The van der Waals surface area contributed by atoms with E-state index in [1.54, 1.807) is 6.07 Å². The standard InChI is InChI=1S/C29H32F3N7O4/c1-2-5-20-23(9-8-21-27(20)43-35-28(21)29(30,31)32)41-13-4-10-39-17-19(16-38-11-14-40-15-12-38)26-22(39)6-3-7-24(26)42-18-25-33-36-37-34-25/h3,6-9,17H,2,4-5,10-16,18H2,1H3,(H,33,34,36,37). The Balaban J connectivity index is 1.20. The summed E-state index contributed by atoms with van der Waals surface area (Å²) >= 11 is 0. The van der Waals surface area contributed by atoms with E-state index >= 15 is 0 Å². The highest BCUT2D eigenvalue weighted by Crippen LogP contribution is 2.38. The van der Waals surface area contributed by atoms with Gasteiger partial charge in [0.1, 0.15) is 11.5 Å². The number of hydrogen-bond donors (Lipinski definition) is 1. The number of H-pyrrole nitrogens is 1. The number of nitrogens with one attached hydrogen (secondary N) is 1. The largest absolute Gasteiger partial charge is 0.493 e. The van der Waals surface area contributed by atoms with Crippen LogP contribution in [0.1, 0.15) is 42.4 Å². The average Bonchev–Trinajstić information content (AvgIpc) is 3.75. The number of aromatic nitrogens is 6. The summed E-state index contributed by atoms with van der Waals surface area (Å²) in [7, 11) is 0. The van der Waals surface area contributed by atoms with Crippen molar-refractivity contribution in [1.82, 2.24) is 35.2 Å². The first kappa shape index (κ1) is 28.9. The van der Waals surface area contributed by atoms with Gasteiger partial charge in [0.2, 0.25) is 5.82 Å². The number of aromatic amines is 1. The Morgan fingerprint density at radius 2 is 1.93 bits per heavy atom. The maximum Gasteiger partial charge on any atom is 0.437 e. The van der Waals surface area contributed by atoms with Gasteiger partial charge in [-0.2, -0.15) is 18.4 Å². The summed E-state index contributed by atoms with van der Waals surface area (Å²) in [6, 6.07) is 8.92. The van der Waals surface area contributed by atoms with Crippen LogP contribution in [0.25, 0.3) is 21.9 Å². The number of benzene rings is 2. The van der Waals surface area contributed by atoms with Gasteiger partial charge >= 0.3 is 6.18 Å². The predicted molar refractivity (Wildman–Crippen MR) is 150 cm³/mol. The molecule has 0 atom stereocenters. The number of ether oxygens (including phenoxy) is 3. The van der Waals surface area contributed by atoms with Gasteiger partial charge in [0.25, 0.3) is 0 Å². The van der Waals surface area contributed by atoms with Gasteiger partial charge in [-0.25, -0.2) is 0 Å². The molecule has 1 aliphatic heterocycles. The second-order valence-electron chi connectivity index (χ2n) is 10.4. The van der Waals surface area contributed by atoms with Crippen LogP contribution in [0.2, 0.25) is 0 Å². The number of aryl methyl sites for hydroxylation is 2. The molecular formula is C29H32F3N7O4. The summed E-state index contributed by atoms with van der Waals surface area (Å²) in [6.45, 7) is 7.04. The van der Waals surface area contributed by atoms with Gasteiger partial charge in [-0.3, -0.25) is 4.90 Å². The van der Waals surface area contributed by atoms with Crippen molar-refractivity contribution in [1.29, 1.82) is 0 Å². The first-order chi connectivity index (χ1) is 20.9. The molecule has 0 saturated carbocycles. The Morgan fingerprint density at radius 1 is 1.07 bits per heavy atom. The van der Waals surface area contributed by atoms with Gasteiger partial charge in [0, 0.05) is 43.3 Å². The molecule has 43 heavy (non-hydrogen) atoms. The average molecular weight is 600 g/mol. The zero-order valence-electron chi connectivity index (χ0n) is 23.7. The van der Waals surface area contributed by atoms with E-state index in [0.29, 0.717) is 56.3 Å². The molecule has 3 aromatic heterocycles. The molecule has 11 nitrogen and oxygen atoms in total. The molecular weight excluding hydrogens is 567 g/mol. The highest BCUT2D eigenvalue weighted by molar-refractivity contribution is 5.90. The van der Waals surface area contributed by atoms with Gasteiger partial charge in [-0.1, -0.05) is 29.8 Å². The van der Waals surface area contributed by atoms with Crippen LogP contribution in [0.5, 0.6) is 11.5 Å². The molecule has 0 spiro atoms. The van der Waals surface area contributed by atoms with Crippen molar-refractivity contribution < 1.29 is 31.9 Å². The topological polar surface area (TPSA) is 116 Å². The summed E-state index contributed by atoms with van der Waals surface area (Å²) < 4.78 is 65.2. The van der Waals surface area contributed by atoms with Crippen molar-refractivity contribution in [3.63, 3.8) is 0 Å². The van der Waals surface area contributed by atoms with Gasteiger partial charge in [-0.15, -0.1) is 10.2 Å². The minimum Gasteiger partial charge on any atom is -0.493 e. The fourth-order valence-corrected chi connectivity index (χ4v) is 5.50. The number of nitrogens with zero attached hydrogens (tertiary/aromatic N) is 6. The van der Waals surface area contributed by atoms with Gasteiger partial charge in [-0.05, 0) is 42.7 Å². The van der Waals surface area contributed by atoms with E-state index in [9.17, 15) is 13.2 Å². The lowest BCUT2D eigenvalue weighted by Crippen LogP contribution is -2.35. The number of rotatable bonds is 12. The third-order valence-corrected chi connectivity index (χ3v) is 7.46. The van der Waals surface area contributed by atoms with Gasteiger partial charge in [0.05, 0.1) is 30.7 Å². The molecule has 14 heteroatoms. The fourth-order valence-electron chi connectivity index (χ4n) is 5.50. The van der Waals surface area contributed by atoms with Crippen LogP contribution in [-0.4, -0.2) is 68.2 Å². The molecule has 0 aliphatic carbocycles. The Bertz CT molecular complexity index is 1660. The lowest BCUT2D eigenvalue weighted by atomic mass is 10.0. The van der Waals surface area contributed by atoms with Gasteiger partial charge in [0.15, 0.2) is 17.9 Å². The second kappa shape index (κ2) is 12.6. The zero-order chi connectivity index (χ0) is 29.8. The smallest absolute Gasteiger partial charge is 0.437 e. The fraction of sp³-hybridized carbons (Fsp3) is 0.448. The molecule has 1 N–H and O–H groups in total. The van der Waals surface area contributed by atoms with Gasteiger partial charge < -0.3 is 23.3 Å². The molecule has 0 radical (unpaired) electrons. The highest BCUT2D eigenvalue weighted by atomic mass is 19.4. The maximum atomic E-state index is 13.4. The Morgan fingerprint density at radius 3 is 2.70 bits per heavy atom. The lowest BCUT2D eigenvalue weighted by molar-refractivity contribution is -0.141. The van der Waals surface area contributed by atoms with Crippen LogP contribution < -0.4 is 9.47 Å². The molecule has 1 fully saturated rings. The minimum absolute atomic E-state index is 0.0488. The number of fused-ring (bicyclic) bond motifs is 2. The molecule has 6 rings (SSSR count). The van der Waals surface area contributed by atoms with Crippen molar-refractivity contribution >= 4 is 21.9 Å². The predicted octanol–water partition coefficient (Wildman–Crippen LogP) is 5.15. The minimum atomic E-state index is -4.59. The van der Waals surface area contributed by atoms with E-state index in [0.717, 1.165) is 48.3 Å². The Hall–Kier alpha value is -4.17. The van der Waals surface area contributed by atoms with E-state index in [-0.39, 0.29) is 17.6 Å². The van der Waals surface area contributed by atoms with Crippen molar-refractivity contribution in [2.45, 2.75) is 52.1 Å². The van der Waals surface area contributed by atoms with Crippen LogP contribution in [0.3, 0.4) is 0 Å². The molecule has 1 aliphatic rings. The first-order valence-corrected chi connectivity index (χ1v) is 14.3. The van der Waals surface area contributed by atoms with E-state index in [2.05, 4.69) is 47.5 Å². The Labute approximate surface area is 244 Å². The molecule has 4 heterocycles. The summed E-state index contributed by atoms with van der Waals surface area (Å²) in [5.74, 6) is 1.72. The quantitative estimate of drug-likeness (QED) is 0.195. The number of alkyl halides is 3.